The van der Waals surface area contributed by atoms with Crippen molar-refractivity contribution in [3.05, 3.63) is 65.5 Å². The monoisotopic (exact) mass is 325 g/mol. The number of nitrogens with one attached hydrogen (secondary N) is 2. The van der Waals surface area contributed by atoms with E-state index in [0.29, 0.717) is 11.3 Å². The van der Waals surface area contributed by atoms with Gasteiger partial charge < -0.3 is 10.6 Å². The van der Waals surface area contributed by atoms with Crippen molar-refractivity contribution in [2.45, 2.75) is 19.4 Å². The number of nitrogens with zero attached hydrogens (tertiary/aromatic N) is 1. The van der Waals surface area contributed by atoms with Gasteiger partial charge in [-0.1, -0.05) is 12.1 Å². The zero-order chi connectivity index (χ0) is 17.5. The van der Waals surface area contributed by atoms with Crippen molar-refractivity contribution in [3.8, 4) is 6.07 Å². The smallest absolute Gasteiger partial charge is 0.251 e. The summed E-state index contributed by atoms with van der Waals surface area (Å²) < 4.78 is 12.9. The van der Waals surface area contributed by atoms with Crippen LogP contribution in [0.4, 0.5) is 10.1 Å². The van der Waals surface area contributed by atoms with Gasteiger partial charge in [0.25, 0.3) is 5.91 Å². The second kappa shape index (κ2) is 7.88. The van der Waals surface area contributed by atoms with Crippen LogP contribution in [0.3, 0.4) is 0 Å². The van der Waals surface area contributed by atoms with E-state index in [1.54, 1.807) is 42.5 Å². The molecule has 2 rings (SSSR count). The molecule has 0 radical (unpaired) electrons. The van der Waals surface area contributed by atoms with Crippen molar-refractivity contribution in [1.29, 1.82) is 5.26 Å². The highest BCUT2D eigenvalue weighted by atomic mass is 19.1. The lowest BCUT2D eigenvalue weighted by Gasteiger charge is -2.14. The minimum Gasteiger partial charge on any atom is -0.346 e. The molecule has 2 amide bonds. The van der Waals surface area contributed by atoms with E-state index in [2.05, 4.69) is 10.6 Å². The average Bonchev–Trinajstić information content (AvgIpc) is 2.56. The first-order valence-corrected chi connectivity index (χ1v) is 7.33. The highest BCUT2D eigenvalue weighted by molar-refractivity contribution is 5.96. The van der Waals surface area contributed by atoms with Crippen LogP contribution in [0.15, 0.2) is 48.5 Å². The van der Waals surface area contributed by atoms with Gasteiger partial charge in [0.2, 0.25) is 5.91 Å². The summed E-state index contributed by atoms with van der Waals surface area (Å²) in [4.78, 5) is 23.5. The summed E-state index contributed by atoms with van der Waals surface area (Å²) in [5.74, 6) is -1.01. The zero-order valence-electron chi connectivity index (χ0n) is 13.0. The number of carbonyl (C=O) groups is 2. The molecule has 5 nitrogen and oxygen atoms in total. The molecule has 2 aromatic rings. The summed E-state index contributed by atoms with van der Waals surface area (Å²) >= 11 is 0. The van der Waals surface area contributed by atoms with Crippen LogP contribution in [0.5, 0.6) is 0 Å². The van der Waals surface area contributed by atoms with E-state index in [1.807, 2.05) is 6.92 Å². The quantitative estimate of drug-likeness (QED) is 0.886. The molecule has 2 aromatic carbocycles. The van der Waals surface area contributed by atoms with Gasteiger partial charge in [-0.3, -0.25) is 9.59 Å². The van der Waals surface area contributed by atoms with Crippen molar-refractivity contribution >= 4 is 17.5 Å². The Morgan fingerprint density at radius 1 is 1.12 bits per heavy atom. The van der Waals surface area contributed by atoms with Gasteiger partial charge in [-0.15, -0.1) is 0 Å². The predicted octanol–water partition coefficient (Wildman–Crippen LogP) is 3.17. The summed E-state index contributed by atoms with van der Waals surface area (Å²) in [6, 6.07) is 13.8. The molecule has 0 spiro atoms. The summed E-state index contributed by atoms with van der Waals surface area (Å²) in [6.45, 7) is 1.81. The number of nitriles is 1. The van der Waals surface area contributed by atoms with Crippen LogP contribution in [0, 0.1) is 17.1 Å². The Hall–Kier alpha value is -3.20. The van der Waals surface area contributed by atoms with Gasteiger partial charge in [0.15, 0.2) is 0 Å². The molecule has 0 fully saturated rings. The zero-order valence-corrected chi connectivity index (χ0v) is 13.0. The van der Waals surface area contributed by atoms with Crippen molar-refractivity contribution in [3.63, 3.8) is 0 Å². The minimum absolute atomic E-state index is 0.225. The maximum atomic E-state index is 12.9. The van der Waals surface area contributed by atoms with E-state index in [9.17, 15) is 14.0 Å². The van der Waals surface area contributed by atoms with Crippen LogP contribution in [-0.2, 0) is 4.79 Å². The molecule has 0 aromatic heterocycles. The third-order valence-corrected chi connectivity index (χ3v) is 3.39. The average molecular weight is 325 g/mol. The van der Waals surface area contributed by atoms with Gasteiger partial charge in [-0.05, 0) is 48.9 Å². The SMILES string of the molecule is C[C@@H](NC(=O)c1ccc(NC(=O)CC#N)cc1)c1ccc(F)cc1. The molecule has 0 saturated carbocycles. The first kappa shape index (κ1) is 17.2. The number of amides is 2. The first-order valence-electron chi connectivity index (χ1n) is 7.33. The van der Waals surface area contributed by atoms with Gasteiger partial charge in [0.1, 0.15) is 12.2 Å². The van der Waals surface area contributed by atoms with E-state index in [0.717, 1.165) is 5.56 Å². The van der Waals surface area contributed by atoms with Crippen molar-refractivity contribution in [2.24, 2.45) is 0 Å². The lowest BCUT2D eigenvalue weighted by atomic mass is 10.1. The molecular weight excluding hydrogens is 309 g/mol. The fourth-order valence-corrected chi connectivity index (χ4v) is 2.10. The van der Waals surface area contributed by atoms with Crippen LogP contribution in [0.2, 0.25) is 0 Å². The molecule has 0 heterocycles. The van der Waals surface area contributed by atoms with Gasteiger partial charge >= 0.3 is 0 Å². The minimum atomic E-state index is -0.403. The first-order chi connectivity index (χ1) is 11.5. The number of rotatable bonds is 5. The second-order valence-corrected chi connectivity index (χ2v) is 5.21. The maximum Gasteiger partial charge on any atom is 0.251 e. The van der Waals surface area contributed by atoms with Crippen LogP contribution in [-0.4, -0.2) is 11.8 Å². The molecule has 24 heavy (non-hydrogen) atoms. The standard InChI is InChI=1S/C18H16FN3O2/c1-12(13-2-6-15(19)7-3-13)21-18(24)14-4-8-16(9-5-14)22-17(23)10-11-20/h2-9,12H,10H2,1H3,(H,21,24)(H,22,23)/t12-/m1/s1. The van der Waals surface area contributed by atoms with E-state index >= 15 is 0 Å². The largest absolute Gasteiger partial charge is 0.346 e. The number of carbonyl (C=O) groups excluding carboxylic acids is 2. The molecule has 0 aliphatic heterocycles. The summed E-state index contributed by atoms with van der Waals surface area (Å²) in [6.07, 6.45) is -0.225. The molecular formula is C18H16FN3O2. The van der Waals surface area contributed by atoms with E-state index in [-0.39, 0.29) is 24.2 Å². The maximum absolute atomic E-state index is 12.9. The van der Waals surface area contributed by atoms with Crippen LogP contribution >= 0.6 is 0 Å². The summed E-state index contributed by atoms with van der Waals surface area (Å²) in [5, 5.41) is 13.8. The van der Waals surface area contributed by atoms with E-state index < -0.39 is 5.91 Å². The summed E-state index contributed by atoms with van der Waals surface area (Å²) in [7, 11) is 0. The van der Waals surface area contributed by atoms with Gasteiger partial charge in [-0.25, -0.2) is 4.39 Å². The number of benzene rings is 2. The van der Waals surface area contributed by atoms with Crippen molar-refractivity contribution in [1.82, 2.24) is 5.32 Å². The molecule has 0 aliphatic rings. The highest BCUT2D eigenvalue weighted by Gasteiger charge is 2.12. The molecule has 1 atom stereocenters. The van der Waals surface area contributed by atoms with E-state index in [4.69, 9.17) is 5.26 Å². The third-order valence-electron chi connectivity index (χ3n) is 3.39. The molecule has 6 heteroatoms. The van der Waals surface area contributed by atoms with Gasteiger partial charge in [0, 0.05) is 11.3 Å². The Kier molecular flexibility index (Phi) is 5.63. The number of hydrogen-bond acceptors (Lipinski definition) is 3. The predicted molar refractivity (Wildman–Crippen MR) is 87.6 cm³/mol. The molecule has 2 N–H and O–H groups in total. The Bertz CT molecular complexity index is 764. The second-order valence-electron chi connectivity index (χ2n) is 5.21. The molecule has 0 saturated heterocycles. The Labute approximate surface area is 139 Å². The van der Waals surface area contributed by atoms with Crippen LogP contribution in [0.1, 0.15) is 35.3 Å². The molecule has 0 aliphatic carbocycles. The Morgan fingerprint density at radius 3 is 2.33 bits per heavy atom. The fourth-order valence-electron chi connectivity index (χ4n) is 2.10. The van der Waals surface area contributed by atoms with Crippen LogP contribution < -0.4 is 10.6 Å². The van der Waals surface area contributed by atoms with Crippen molar-refractivity contribution < 1.29 is 14.0 Å². The number of halogens is 1. The topological polar surface area (TPSA) is 82.0 Å². The van der Waals surface area contributed by atoms with Crippen molar-refractivity contribution in [2.75, 3.05) is 5.32 Å². The molecule has 0 unspecified atom stereocenters. The highest BCUT2D eigenvalue weighted by Crippen LogP contribution is 2.15. The Balaban J connectivity index is 1.98. The molecule has 122 valence electrons. The lowest BCUT2D eigenvalue weighted by Crippen LogP contribution is -2.26. The Morgan fingerprint density at radius 2 is 1.75 bits per heavy atom. The lowest BCUT2D eigenvalue weighted by molar-refractivity contribution is -0.115. The van der Waals surface area contributed by atoms with Gasteiger partial charge in [-0.2, -0.15) is 5.26 Å². The number of hydrogen-bond donors (Lipinski definition) is 2. The fraction of sp³-hybridized carbons (Fsp3) is 0.167. The summed E-state index contributed by atoms with van der Waals surface area (Å²) in [5.41, 5.74) is 1.74. The van der Waals surface area contributed by atoms with Crippen LogP contribution in [0.25, 0.3) is 0 Å². The van der Waals surface area contributed by atoms with Gasteiger partial charge in [0.05, 0.1) is 12.1 Å². The van der Waals surface area contributed by atoms with E-state index in [1.165, 1.54) is 12.1 Å². The third kappa shape index (κ3) is 4.65. The normalized spacial score (nSPS) is 11.2. The molecule has 0 bridgehead atoms. The number of anilines is 1.